The number of aliphatic hydroxyl groups excluding tert-OH is 1. The minimum absolute atomic E-state index is 0.0661. The van der Waals surface area contributed by atoms with E-state index in [0.29, 0.717) is 27.6 Å². The maximum Gasteiger partial charge on any atom is 0.300 e. The molecule has 1 aromatic heterocycles. The summed E-state index contributed by atoms with van der Waals surface area (Å²) < 4.78 is 5.15. The fourth-order valence-corrected chi connectivity index (χ4v) is 4.19. The van der Waals surface area contributed by atoms with Crippen LogP contribution in [0.1, 0.15) is 22.7 Å². The molecule has 8 heteroatoms. The number of nitrogens with zero attached hydrogens (tertiary/aromatic N) is 2. The molecule has 0 bridgehead atoms. The molecule has 1 aliphatic rings. The van der Waals surface area contributed by atoms with Gasteiger partial charge < -0.3 is 9.84 Å². The molecule has 0 radical (unpaired) electrons. The van der Waals surface area contributed by atoms with Crippen LogP contribution in [0.3, 0.4) is 0 Å². The van der Waals surface area contributed by atoms with Gasteiger partial charge in [0.15, 0.2) is 0 Å². The number of amides is 1. The van der Waals surface area contributed by atoms with Gasteiger partial charge in [-0.3, -0.25) is 19.5 Å². The first-order valence-electron chi connectivity index (χ1n) is 9.65. The molecule has 1 amide bonds. The van der Waals surface area contributed by atoms with Gasteiger partial charge in [-0.1, -0.05) is 35.3 Å². The lowest BCUT2D eigenvalue weighted by Gasteiger charge is -2.26. The average molecular weight is 469 g/mol. The largest absolute Gasteiger partial charge is 0.507 e. The number of halogens is 2. The Balaban J connectivity index is 1.96. The van der Waals surface area contributed by atoms with Crippen molar-refractivity contribution in [3.05, 3.63) is 93.2 Å². The topological polar surface area (TPSA) is 79.7 Å². The van der Waals surface area contributed by atoms with Crippen LogP contribution in [0.25, 0.3) is 5.76 Å². The number of pyridine rings is 1. The second-order valence-corrected chi connectivity index (χ2v) is 8.00. The number of hydrogen-bond donors (Lipinski definition) is 1. The second kappa shape index (κ2) is 8.65. The summed E-state index contributed by atoms with van der Waals surface area (Å²) in [7, 11) is 1.47. The molecule has 1 N–H and O–H groups in total. The normalized spacial score (nSPS) is 17.6. The molecular weight excluding hydrogens is 451 g/mol. The second-order valence-electron chi connectivity index (χ2n) is 7.19. The average Bonchev–Trinajstić information content (AvgIpc) is 3.06. The summed E-state index contributed by atoms with van der Waals surface area (Å²) >= 11 is 12.5. The van der Waals surface area contributed by atoms with Crippen molar-refractivity contribution in [2.24, 2.45) is 0 Å². The fraction of sp³-hybridized carbons (Fsp3) is 0.125. The van der Waals surface area contributed by atoms with E-state index in [9.17, 15) is 14.7 Å². The van der Waals surface area contributed by atoms with Crippen LogP contribution in [-0.4, -0.2) is 28.9 Å². The molecule has 2 heterocycles. The summed E-state index contributed by atoms with van der Waals surface area (Å²) in [6, 6.07) is 12.3. The van der Waals surface area contributed by atoms with E-state index in [2.05, 4.69) is 4.98 Å². The van der Waals surface area contributed by atoms with Crippen molar-refractivity contribution < 1.29 is 19.4 Å². The SMILES string of the molecule is COc1ccc(/C(O)=C2\C(=O)C(=O)N(c3cccc(Cl)c3C)C2c2cccnc2)cc1Cl. The summed E-state index contributed by atoms with van der Waals surface area (Å²) in [5.41, 5.74) is 1.89. The van der Waals surface area contributed by atoms with Gasteiger partial charge in [0, 0.05) is 28.7 Å². The quantitative estimate of drug-likeness (QED) is 0.317. The molecule has 4 rings (SSSR count). The van der Waals surface area contributed by atoms with Gasteiger partial charge in [-0.25, -0.2) is 0 Å². The van der Waals surface area contributed by atoms with Crippen molar-refractivity contribution in [3.8, 4) is 5.75 Å². The molecule has 0 spiro atoms. The number of aliphatic hydroxyl groups is 1. The highest BCUT2D eigenvalue weighted by atomic mass is 35.5. The van der Waals surface area contributed by atoms with E-state index in [0.717, 1.165) is 0 Å². The van der Waals surface area contributed by atoms with Gasteiger partial charge in [0.05, 0.1) is 23.7 Å². The molecule has 1 atom stereocenters. The highest BCUT2D eigenvalue weighted by Crippen LogP contribution is 2.44. The minimum Gasteiger partial charge on any atom is -0.507 e. The van der Waals surface area contributed by atoms with Crippen LogP contribution < -0.4 is 9.64 Å². The van der Waals surface area contributed by atoms with E-state index in [1.54, 1.807) is 61.8 Å². The van der Waals surface area contributed by atoms with Gasteiger partial charge >= 0.3 is 0 Å². The lowest BCUT2D eigenvalue weighted by molar-refractivity contribution is -0.132. The Kier molecular flexibility index (Phi) is 5.91. The van der Waals surface area contributed by atoms with Crippen molar-refractivity contribution in [1.29, 1.82) is 0 Å². The van der Waals surface area contributed by atoms with Crippen LogP contribution in [0.15, 0.2) is 66.5 Å². The highest BCUT2D eigenvalue weighted by Gasteiger charge is 2.47. The van der Waals surface area contributed by atoms with Gasteiger partial charge in [0.2, 0.25) is 0 Å². The number of ether oxygens (including phenoxy) is 1. The van der Waals surface area contributed by atoms with E-state index < -0.39 is 17.7 Å². The molecule has 3 aromatic rings. The van der Waals surface area contributed by atoms with Crippen molar-refractivity contribution in [3.63, 3.8) is 0 Å². The number of aromatic nitrogens is 1. The Morgan fingerprint density at radius 3 is 2.53 bits per heavy atom. The van der Waals surface area contributed by atoms with Crippen LogP contribution in [0.2, 0.25) is 10.0 Å². The first-order valence-corrected chi connectivity index (χ1v) is 10.4. The number of Topliss-reactive ketones (excluding diaryl/α,β-unsaturated/α-hetero) is 1. The van der Waals surface area contributed by atoms with Crippen LogP contribution >= 0.6 is 23.2 Å². The van der Waals surface area contributed by atoms with Gasteiger partial charge in [0.1, 0.15) is 11.5 Å². The molecular formula is C24H18Cl2N2O4. The van der Waals surface area contributed by atoms with E-state index in [-0.39, 0.29) is 21.9 Å². The molecule has 0 aliphatic carbocycles. The van der Waals surface area contributed by atoms with Crippen LogP contribution in [0, 0.1) is 6.92 Å². The van der Waals surface area contributed by atoms with Crippen molar-refractivity contribution >= 4 is 46.3 Å². The molecule has 0 saturated carbocycles. The van der Waals surface area contributed by atoms with Gasteiger partial charge in [0.25, 0.3) is 11.7 Å². The molecule has 1 unspecified atom stereocenters. The number of carbonyl (C=O) groups excluding carboxylic acids is 2. The van der Waals surface area contributed by atoms with E-state index in [4.69, 9.17) is 27.9 Å². The zero-order chi connectivity index (χ0) is 23.0. The fourth-order valence-electron chi connectivity index (χ4n) is 3.76. The standard InChI is InChI=1S/C24H18Cl2N2O4/c1-13-16(25)6-3-7-18(13)28-21(15-5-4-10-27-12-15)20(23(30)24(28)31)22(29)14-8-9-19(32-2)17(26)11-14/h3-12,21,29H,1-2H3/b22-20+. The lowest BCUT2D eigenvalue weighted by atomic mass is 9.96. The molecule has 162 valence electrons. The number of ketones is 1. The Morgan fingerprint density at radius 2 is 1.88 bits per heavy atom. The number of carbonyl (C=O) groups is 2. The first-order chi connectivity index (χ1) is 15.3. The highest BCUT2D eigenvalue weighted by molar-refractivity contribution is 6.52. The Bertz CT molecular complexity index is 1260. The summed E-state index contributed by atoms with van der Waals surface area (Å²) in [6.45, 7) is 1.76. The van der Waals surface area contributed by atoms with Crippen LogP contribution in [-0.2, 0) is 9.59 Å². The molecule has 6 nitrogen and oxygen atoms in total. The number of benzene rings is 2. The van der Waals surface area contributed by atoms with E-state index in [1.165, 1.54) is 18.1 Å². The molecule has 1 fully saturated rings. The van der Waals surface area contributed by atoms with Crippen molar-refractivity contribution in [1.82, 2.24) is 4.98 Å². The van der Waals surface area contributed by atoms with Gasteiger partial charge in [-0.15, -0.1) is 0 Å². The summed E-state index contributed by atoms with van der Waals surface area (Å²) in [5.74, 6) is -1.51. The maximum absolute atomic E-state index is 13.2. The Hall–Kier alpha value is -3.35. The van der Waals surface area contributed by atoms with E-state index >= 15 is 0 Å². The van der Waals surface area contributed by atoms with Gasteiger partial charge in [-0.2, -0.15) is 0 Å². The zero-order valence-electron chi connectivity index (χ0n) is 17.2. The third-order valence-corrected chi connectivity index (χ3v) is 6.07. The predicted molar refractivity (Wildman–Crippen MR) is 123 cm³/mol. The molecule has 2 aromatic carbocycles. The summed E-state index contributed by atoms with van der Waals surface area (Å²) in [6.07, 6.45) is 3.14. The molecule has 1 saturated heterocycles. The van der Waals surface area contributed by atoms with Crippen LogP contribution in [0.5, 0.6) is 5.75 Å². The third-order valence-electron chi connectivity index (χ3n) is 5.37. The van der Waals surface area contributed by atoms with Gasteiger partial charge in [-0.05, 0) is 54.4 Å². The lowest BCUT2D eigenvalue weighted by Crippen LogP contribution is -2.30. The van der Waals surface area contributed by atoms with Crippen molar-refractivity contribution in [2.75, 3.05) is 12.0 Å². The smallest absolute Gasteiger partial charge is 0.300 e. The molecule has 1 aliphatic heterocycles. The minimum atomic E-state index is -0.901. The van der Waals surface area contributed by atoms with Crippen LogP contribution in [0.4, 0.5) is 5.69 Å². The zero-order valence-corrected chi connectivity index (χ0v) is 18.7. The number of rotatable bonds is 4. The Morgan fingerprint density at radius 1 is 1.09 bits per heavy atom. The summed E-state index contributed by atoms with van der Waals surface area (Å²) in [4.78, 5) is 31.8. The number of hydrogen-bond acceptors (Lipinski definition) is 5. The maximum atomic E-state index is 13.2. The number of methoxy groups -OCH3 is 1. The molecule has 32 heavy (non-hydrogen) atoms. The number of anilines is 1. The Labute approximate surface area is 194 Å². The first kappa shape index (κ1) is 21.9. The summed E-state index contributed by atoms with van der Waals surface area (Å²) in [5, 5.41) is 11.9. The predicted octanol–water partition coefficient (Wildman–Crippen LogP) is 5.33. The van der Waals surface area contributed by atoms with E-state index in [1.807, 2.05) is 0 Å². The van der Waals surface area contributed by atoms with Crippen molar-refractivity contribution in [2.45, 2.75) is 13.0 Å². The third kappa shape index (κ3) is 3.61. The monoisotopic (exact) mass is 468 g/mol.